The van der Waals surface area contributed by atoms with Crippen LogP contribution >= 0.6 is 46.5 Å². The van der Waals surface area contributed by atoms with Crippen molar-refractivity contribution in [2.45, 2.75) is 60.3 Å². The summed E-state index contributed by atoms with van der Waals surface area (Å²) in [5.74, 6) is -1.86. The molecule has 0 spiro atoms. The number of oxime groups is 1. The highest BCUT2D eigenvalue weighted by Crippen LogP contribution is 2.43. The second-order valence-electron chi connectivity index (χ2n) is 16.7. The molecule has 3 atom stereocenters. The molecule has 17 heteroatoms. The summed E-state index contributed by atoms with van der Waals surface area (Å²) < 4.78 is 16.6. The van der Waals surface area contributed by atoms with Gasteiger partial charge in [0.25, 0.3) is 17.3 Å². The van der Waals surface area contributed by atoms with Gasteiger partial charge in [0.1, 0.15) is 46.3 Å². The molecule has 13 nitrogen and oxygen atoms in total. The van der Waals surface area contributed by atoms with Gasteiger partial charge in [-0.2, -0.15) is 0 Å². The lowest BCUT2D eigenvalue weighted by Crippen LogP contribution is -2.71. The monoisotopic (exact) mass is 1000 g/mol. The fraction of sp³-hybridized carbons (Fsp3) is 0.231. The third kappa shape index (κ3) is 11.2. The number of thiazole rings is 1. The minimum atomic E-state index is -1.35. The number of aromatic nitrogens is 1. The first-order valence-electron chi connectivity index (χ1n) is 21.8. The third-order valence-corrected chi connectivity index (χ3v) is 14.4. The number of nitrogens with zero attached hydrogens (tertiary/aromatic N) is 3. The fourth-order valence-electron chi connectivity index (χ4n) is 7.69. The second-order valence-corrected chi connectivity index (χ2v) is 20.1. The first-order chi connectivity index (χ1) is 33.4. The van der Waals surface area contributed by atoms with Gasteiger partial charge in [-0.15, -0.1) is 34.7 Å². The van der Waals surface area contributed by atoms with Gasteiger partial charge in [-0.25, -0.2) is 14.6 Å². The molecule has 354 valence electrons. The summed E-state index contributed by atoms with van der Waals surface area (Å²) in [6.45, 7) is 5.16. The molecule has 1 aromatic heterocycles. The molecule has 8 rings (SSSR count). The van der Waals surface area contributed by atoms with E-state index in [0.29, 0.717) is 27.1 Å². The number of nitrogens with one attached hydrogen (secondary N) is 2. The van der Waals surface area contributed by atoms with E-state index >= 15 is 0 Å². The first-order valence-corrected chi connectivity index (χ1v) is 25.2. The van der Waals surface area contributed by atoms with Gasteiger partial charge >= 0.3 is 11.9 Å². The predicted octanol–water partition coefficient (Wildman–Crippen LogP) is 9.37. The van der Waals surface area contributed by atoms with Crippen LogP contribution in [0.2, 0.25) is 0 Å². The van der Waals surface area contributed by atoms with Crippen LogP contribution in [-0.4, -0.2) is 80.5 Å². The average molecular weight is 1000 g/mol. The van der Waals surface area contributed by atoms with Crippen molar-refractivity contribution < 1.29 is 38.2 Å². The number of hydrogen-bond donors (Lipinski definition) is 2. The summed E-state index contributed by atoms with van der Waals surface area (Å²) in [7, 11) is 1.56. The van der Waals surface area contributed by atoms with Crippen LogP contribution in [0.4, 0.5) is 5.13 Å². The van der Waals surface area contributed by atoms with Crippen LogP contribution < -0.4 is 15.4 Å². The molecule has 69 heavy (non-hydrogen) atoms. The van der Waals surface area contributed by atoms with Gasteiger partial charge in [-0.3, -0.25) is 14.5 Å². The van der Waals surface area contributed by atoms with Gasteiger partial charge < -0.3 is 29.7 Å². The normalized spacial score (nSPS) is 16.4. The molecule has 0 saturated carbocycles. The smallest absolute Gasteiger partial charge is 0.361 e. The van der Waals surface area contributed by atoms with Crippen molar-refractivity contribution in [2.24, 2.45) is 5.16 Å². The highest BCUT2D eigenvalue weighted by Gasteiger charge is 2.55. The fourth-order valence-corrected chi connectivity index (χ4v) is 10.9. The third-order valence-electron chi connectivity index (χ3n) is 10.9. The van der Waals surface area contributed by atoms with Gasteiger partial charge in [0.15, 0.2) is 10.8 Å². The number of amides is 2. The molecule has 0 radical (unpaired) electrons. The minimum Gasteiger partial charge on any atom is -0.497 e. The number of hydrogen-bond acceptors (Lipinski definition) is 14. The number of ether oxygens (including phenoxy) is 3. The van der Waals surface area contributed by atoms with Crippen LogP contribution in [0.25, 0.3) is 0 Å². The molecule has 2 aliphatic heterocycles. The molecule has 2 N–H and O–H groups in total. The molecular weight excluding hydrogens is 954 g/mol. The lowest BCUT2D eigenvalue weighted by atomic mass is 9.77. The molecule has 2 amide bonds. The van der Waals surface area contributed by atoms with Crippen LogP contribution in [0.1, 0.15) is 48.7 Å². The van der Waals surface area contributed by atoms with Crippen LogP contribution in [0.5, 0.6) is 5.75 Å². The first kappa shape index (κ1) is 48.9. The van der Waals surface area contributed by atoms with Crippen molar-refractivity contribution in [3.05, 3.63) is 190 Å². The number of β-lactam (4-membered cyclic amide) rings is 1. The molecule has 1 saturated heterocycles. The van der Waals surface area contributed by atoms with E-state index in [1.54, 1.807) is 57.5 Å². The number of esters is 2. The maximum atomic E-state index is 14.7. The molecule has 0 unspecified atom stereocenters. The number of carbonyl (C=O) groups excluding carboxylic acids is 4. The van der Waals surface area contributed by atoms with Crippen LogP contribution in [-0.2, 0) is 45.6 Å². The van der Waals surface area contributed by atoms with Crippen LogP contribution in [0.3, 0.4) is 0 Å². The van der Waals surface area contributed by atoms with Crippen molar-refractivity contribution in [1.29, 1.82) is 0 Å². The Morgan fingerprint density at radius 3 is 1.99 bits per heavy atom. The number of fused-ring (bicyclic) bond motifs is 1. The van der Waals surface area contributed by atoms with E-state index in [2.05, 4.69) is 15.8 Å². The summed E-state index contributed by atoms with van der Waals surface area (Å²) >= 11 is 9.96. The standard InChI is InChI=1S/C52H48ClN5O8S3/c1-51(2,3)65-48(62)49(69-39-23-15-8-16-24-39)66-57-41(40-32-68-50(54-40)56-52(35-17-9-5-10-18-35,36-19-11-6-12-20-36)37-21-13-7-14-22-37)44(59)55-42-45(60)58-43(34(29-53)31-67-46(42)58)47(61)64-30-33-25-27-38(63-4)28-26-33/h5-28,32,42,46,49H,29-31H2,1-4H3,(H,54,56)(H,55,59)/b57-41-/t42-,46+,49-/m1/s1. The zero-order valence-electron chi connectivity index (χ0n) is 38.0. The van der Waals surface area contributed by atoms with E-state index < -0.39 is 51.7 Å². The number of carbonyl (C=O) groups is 4. The topological polar surface area (TPSA) is 158 Å². The number of thioether (sulfide) groups is 2. The maximum Gasteiger partial charge on any atom is 0.361 e. The molecule has 0 aliphatic carbocycles. The van der Waals surface area contributed by atoms with E-state index in [1.807, 2.05) is 121 Å². The Balaban J connectivity index is 1.12. The van der Waals surface area contributed by atoms with Gasteiger partial charge in [0.05, 0.1) is 7.11 Å². The number of anilines is 1. The van der Waals surface area contributed by atoms with Gasteiger partial charge in [0.2, 0.25) is 0 Å². The Hall–Kier alpha value is -6.59. The van der Waals surface area contributed by atoms with E-state index in [9.17, 15) is 19.2 Å². The van der Waals surface area contributed by atoms with Crippen molar-refractivity contribution in [3.8, 4) is 5.75 Å². The van der Waals surface area contributed by atoms with Crippen molar-refractivity contribution in [2.75, 3.05) is 24.1 Å². The van der Waals surface area contributed by atoms with Crippen LogP contribution in [0.15, 0.2) is 172 Å². The Morgan fingerprint density at radius 1 is 0.855 bits per heavy atom. The number of halogens is 1. The SMILES string of the molecule is COc1ccc(COC(=O)C2=C(CCl)CS[C@H]3[C@H](NC(=O)/C(=N\O[C@H](Sc4ccccc4)C(=O)OC(C)(C)C)c4csc(NC(c5ccccc5)(c5ccccc5)c5ccccc5)n4)C(=O)N23)cc1. The zero-order valence-corrected chi connectivity index (χ0v) is 41.2. The molecule has 1 fully saturated rings. The second kappa shape index (κ2) is 21.8. The lowest BCUT2D eigenvalue weighted by Gasteiger charge is -2.49. The van der Waals surface area contributed by atoms with Crippen molar-refractivity contribution in [1.82, 2.24) is 15.2 Å². The highest BCUT2D eigenvalue weighted by molar-refractivity contribution is 8.00. The molecule has 0 bridgehead atoms. The molecule has 3 heterocycles. The quantitative estimate of drug-likeness (QED) is 0.0123. The number of methoxy groups -OCH3 is 1. The Bertz CT molecular complexity index is 2730. The average Bonchev–Trinajstić information content (AvgIpc) is 3.84. The van der Waals surface area contributed by atoms with Crippen molar-refractivity contribution >= 4 is 81.1 Å². The molecule has 6 aromatic rings. The van der Waals surface area contributed by atoms with Gasteiger partial charge in [0, 0.05) is 21.9 Å². The number of rotatable bonds is 18. The van der Waals surface area contributed by atoms with Crippen molar-refractivity contribution in [3.63, 3.8) is 0 Å². The van der Waals surface area contributed by atoms with Gasteiger partial charge in [-0.05, 0) is 72.9 Å². The van der Waals surface area contributed by atoms with E-state index in [4.69, 9.17) is 35.6 Å². The maximum absolute atomic E-state index is 14.7. The summed E-state index contributed by atoms with van der Waals surface area (Å²) in [5.41, 5.74) is 0.692. The highest BCUT2D eigenvalue weighted by atomic mass is 35.5. The largest absolute Gasteiger partial charge is 0.497 e. The summed E-state index contributed by atoms with van der Waals surface area (Å²) in [5, 5.41) is 12.3. The van der Waals surface area contributed by atoms with Crippen LogP contribution in [0, 0.1) is 0 Å². The Kier molecular flexibility index (Phi) is 15.4. The Labute approximate surface area is 417 Å². The molecular formula is C52H48ClN5O8S3. The van der Waals surface area contributed by atoms with E-state index in [-0.39, 0.29) is 29.6 Å². The number of benzene rings is 5. The minimum absolute atomic E-state index is 0.0122. The summed E-state index contributed by atoms with van der Waals surface area (Å²) in [6.07, 6.45) is 0. The van der Waals surface area contributed by atoms with E-state index in [1.165, 1.54) is 28.0 Å². The summed E-state index contributed by atoms with van der Waals surface area (Å²) in [6, 6.07) is 45.0. The lowest BCUT2D eigenvalue weighted by molar-refractivity contribution is -0.162. The zero-order chi connectivity index (χ0) is 48.5. The van der Waals surface area contributed by atoms with Gasteiger partial charge in [-0.1, -0.05) is 138 Å². The van der Waals surface area contributed by atoms with E-state index in [0.717, 1.165) is 34.0 Å². The predicted molar refractivity (Wildman–Crippen MR) is 270 cm³/mol. The summed E-state index contributed by atoms with van der Waals surface area (Å²) in [4.78, 5) is 69.1. The number of alkyl halides is 1. The molecule has 2 aliphatic rings. The molecule has 5 aromatic carbocycles. The Morgan fingerprint density at radius 2 is 1.43 bits per heavy atom.